The van der Waals surface area contributed by atoms with Crippen LogP contribution in [-0.2, 0) is 4.79 Å². The van der Waals surface area contributed by atoms with Crippen LogP contribution in [0.2, 0.25) is 0 Å². The fourth-order valence-corrected chi connectivity index (χ4v) is 3.13. The third-order valence-electron chi connectivity index (χ3n) is 3.00. The average Bonchev–Trinajstić information content (AvgIpc) is 2.48. The number of hydrogen-bond donors (Lipinski definition) is 1. The molecule has 0 bridgehead atoms. The van der Waals surface area contributed by atoms with Crippen LogP contribution in [0.25, 0.3) is 0 Å². The zero-order chi connectivity index (χ0) is 15.1. The van der Waals surface area contributed by atoms with Gasteiger partial charge in [0.2, 0.25) is 0 Å². The van der Waals surface area contributed by atoms with Crippen molar-refractivity contribution in [1.82, 2.24) is 0 Å². The van der Waals surface area contributed by atoms with Crippen molar-refractivity contribution in [3.8, 4) is 0 Å². The van der Waals surface area contributed by atoms with E-state index < -0.39 is 5.97 Å². The molecule has 4 heteroatoms. The summed E-state index contributed by atoms with van der Waals surface area (Å²) in [5.74, 6) is -0.803. The van der Waals surface area contributed by atoms with Crippen LogP contribution in [0.4, 0.5) is 5.69 Å². The molecule has 2 aromatic rings. The molecule has 0 aromatic heterocycles. The van der Waals surface area contributed by atoms with Crippen molar-refractivity contribution < 1.29 is 9.90 Å². The first kappa shape index (κ1) is 15.4. The molecule has 0 unspecified atom stereocenters. The van der Waals surface area contributed by atoms with Crippen LogP contribution < -0.4 is 4.90 Å². The Kier molecular flexibility index (Phi) is 5.69. The molecule has 0 aliphatic rings. The highest BCUT2D eigenvalue weighted by Crippen LogP contribution is 2.35. The Hall–Kier alpha value is -1.94. The van der Waals surface area contributed by atoms with Gasteiger partial charge in [0.25, 0.3) is 0 Å². The number of benzene rings is 2. The summed E-state index contributed by atoms with van der Waals surface area (Å²) < 4.78 is 0. The highest BCUT2D eigenvalue weighted by Gasteiger charge is 2.14. The maximum atomic E-state index is 11.1. The van der Waals surface area contributed by atoms with Crippen molar-refractivity contribution in [2.45, 2.75) is 23.1 Å². The number of carboxylic acid groups (broad SMARTS) is 1. The van der Waals surface area contributed by atoms with E-state index in [1.54, 1.807) is 11.8 Å². The topological polar surface area (TPSA) is 40.5 Å². The summed E-state index contributed by atoms with van der Waals surface area (Å²) in [6.07, 6.45) is 0.914. The number of hydrogen-bond acceptors (Lipinski definition) is 3. The summed E-state index contributed by atoms with van der Waals surface area (Å²) in [5.41, 5.74) is 0.982. The normalized spacial score (nSPS) is 10.3. The van der Waals surface area contributed by atoms with Gasteiger partial charge in [-0.15, -0.1) is 0 Å². The largest absolute Gasteiger partial charge is 0.480 e. The Bertz CT molecular complexity index is 586. The lowest BCUT2D eigenvalue weighted by atomic mass is 10.2. The van der Waals surface area contributed by atoms with E-state index in [0.717, 1.165) is 28.4 Å². The predicted octanol–water partition coefficient (Wildman–Crippen LogP) is 4.14. The molecule has 2 aromatic carbocycles. The number of carboxylic acids is 1. The Morgan fingerprint density at radius 2 is 1.76 bits per heavy atom. The van der Waals surface area contributed by atoms with Crippen molar-refractivity contribution in [2.75, 3.05) is 18.0 Å². The molecule has 21 heavy (non-hydrogen) atoms. The Balaban J connectivity index is 2.28. The maximum Gasteiger partial charge on any atom is 0.323 e. The van der Waals surface area contributed by atoms with Gasteiger partial charge in [-0.05, 0) is 30.7 Å². The van der Waals surface area contributed by atoms with E-state index in [4.69, 9.17) is 5.11 Å². The molecule has 110 valence electrons. The lowest BCUT2D eigenvalue weighted by Gasteiger charge is -2.24. The number of carbonyl (C=O) groups is 1. The minimum Gasteiger partial charge on any atom is -0.480 e. The monoisotopic (exact) mass is 301 g/mol. The van der Waals surface area contributed by atoms with Gasteiger partial charge in [-0.3, -0.25) is 4.79 Å². The van der Waals surface area contributed by atoms with E-state index in [-0.39, 0.29) is 6.54 Å². The van der Waals surface area contributed by atoms with Crippen molar-refractivity contribution in [1.29, 1.82) is 0 Å². The van der Waals surface area contributed by atoms with Crippen LogP contribution in [0, 0.1) is 0 Å². The summed E-state index contributed by atoms with van der Waals surface area (Å²) >= 11 is 1.66. The molecule has 0 fully saturated rings. The third-order valence-corrected chi connectivity index (χ3v) is 4.07. The molecule has 0 aliphatic carbocycles. The molecule has 0 aliphatic heterocycles. The molecular formula is C17H19NO2S. The van der Waals surface area contributed by atoms with Crippen LogP contribution in [0.5, 0.6) is 0 Å². The van der Waals surface area contributed by atoms with E-state index in [2.05, 4.69) is 19.1 Å². The molecule has 0 radical (unpaired) electrons. The SMILES string of the molecule is CCCN(CC(=O)O)c1ccccc1Sc1ccccc1. The number of rotatable bonds is 7. The smallest absolute Gasteiger partial charge is 0.323 e. The lowest BCUT2D eigenvalue weighted by molar-refractivity contribution is -0.135. The van der Waals surface area contributed by atoms with Crippen LogP contribution in [0.15, 0.2) is 64.4 Å². The van der Waals surface area contributed by atoms with Gasteiger partial charge < -0.3 is 10.0 Å². The Morgan fingerprint density at radius 1 is 1.10 bits per heavy atom. The van der Waals surface area contributed by atoms with E-state index in [9.17, 15) is 4.79 Å². The van der Waals surface area contributed by atoms with Crippen LogP contribution in [0.1, 0.15) is 13.3 Å². The molecule has 0 amide bonds. The van der Waals surface area contributed by atoms with Crippen molar-refractivity contribution in [3.63, 3.8) is 0 Å². The van der Waals surface area contributed by atoms with Gasteiger partial charge in [0.15, 0.2) is 0 Å². The lowest BCUT2D eigenvalue weighted by Crippen LogP contribution is -2.30. The number of aliphatic carboxylic acids is 1. The molecule has 2 rings (SSSR count). The van der Waals surface area contributed by atoms with Gasteiger partial charge in [0.1, 0.15) is 6.54 Å². The molecular weight excluding hydrogens is 282 g/mol. The second-order valence-electron chi connectivity index (χ2n) is 4.70. The molecule has 0 atom stereocenters. The second kappa shape index (κ2) is 7.74. The highest BCUT2D eigenvalue weighted by atomic mass is 32.2. The van der Waals surface area contributed by atoms with Gasteiger partial charge in [-0.25, -0.2) is 0 Å². The first-order chi connectivity index (χ1) is 10.2. The van der Waals surface area contributed by atoms with Crippen molar-refractivity contribution in [2.24, 2.45) is 0 Å². The molecule has 3 nitrogen and oxygen atoms in total. The summed E-state index contributed by atoms with van der Waals surface area (Å²) in [5, 5.41) is 9.10. The zero-order valence-corrected chi connectivity index (χ0v) is 12.8. The quantitative estimate of drug-likeness (QED) is 0.834. The molecule has 0 saturated carbocycles. The minimum absolute atomic E-state index is 0.0280. The van der Waals surface area contributed by atoms with Gasteiger partial charge in [-0.2, -0.15) is 0 Å². The Morgan fingerprint density at radius 3 is 2.43 bits per heavy atom. The Labute approximate surface area is 129 Å². The van der Waals surface area contributed by atoms with Crippen LogP contribution in [0.3, 0.4) is 0 Å². The van der Waals surface area contributed by atoms with Crippen molar-refractivity contribution >= 4 is 23.4 Å². The number of anilines is 1. The van der Waals surface area contributed by atoms with E-state index >= 15 is 0 Å². The van der Waals surface area contributed by atoms with Gasteiger partial charge in [0, 0.05) is 16.3 Å². The molecule has 1 N–H and O–H groups in total. The van der Waals surface area contributed by atoms with E-state index in [0.29, 0.717) is 0 Å². The summed E-state index contributed by atoms with van der Waals surface area (Å²) in [7, 11) is 0. The summed E-state index contributed by atoms with van der Waals surface area (Å²) in [4.78, 5) is 15.2. The number of para-hydroxylation sites is 1. The highest BCUT2D eigenvalue weighted by molar-refractivity contribution is 7.99. The molecule has 0 spiro atoms. The second-order valence-corrected chi connectivity index (χ2v) is 5.81. The van der Waals surface area contributed by atoms with E-state index in [1.165, 1.54) is 0 Å². The summed E-state index contributed by atoms with van der Waals surface area (Å²) in [6.45, 7) is 2.82. The first-order valence-corrected chi connectivity index (χ1v) is 7.81. The fourth-order valence-electron chi connectivity index (χ4n) is 2.14. The minimum atomic E-state index is -0.803. The predicted molar refractivity (Wildman–Crippen MR) is 87.1 cm³/mol. The van der Waals surface area contributed by atoms with Crippen LogP contribution in [-0.4, -0.2) is 24.2 Å². The standard InChI is InChI=1S/C17H19NO2S/c1-2-12-18(13-17(19)20)15-10-6-7-11-16(15)21-14-8-4-3-5-9-14/h3-11H,2,12-13H2,1H3,(H,19,20). The van der Waals surface area contributed by atoms with Crippen molar-refractivity contribution in [3.05, 3.63) is 54.6 Å². The van der Waals surface area contributed by atoms with Gasteiger partial charge in [-0.1, -0.05) is 49.0 Å². The summed E-state index contributed by atoms with van der Waals surface area (Å²) in [6, 6.07) is 18.1. The molecule has 0 saturated heterocycles. The molecule has 0 heterocycles. The van der Waals surface area contributed by atoms with Gasteiger partial charge in [0.05, 0.1) is 5.69 Å². The maximum absolute atomic E-state index is 11.1. The van der Waals surface area contributed by atoms with Crippen LogP contribution >= 0.6 is 11.8 Å². The van der Waals surface area contributed by atoms with Gasteiger partial charge >= 0.3 is 5.97 Å². The number of nitrogens with zero attached hydrogens (tertiary/aromatic N) is 1. The third kappa shape index (κ3) is 4.53. The van der Waals surface area contributed by atoms with E-state index in [1.807, 2.05) is 47.4 Å². The average molecular weight is 301 g/mol. The fraction of sp³-hybridized carbons (Fsp3) is 0.235. The first-order valence-electron chi connectivity index (χ1n) is 6.99. The zero-order valence-electron chi connectivity index (χ0n) is 12.0.